The number of carboxylic acid groups (broad SMARTS) is 1. The van der Waals surface area contributed by atoms with Crippen molar-refractivity contribution in [2.75, 3.05) is 0 Å². The quantitative estimate of drug-likeness (QED) is 0.512. The van der Waals surface area contributed by atoms with E-state index >= 15 is 0 Å². The highest BCUT2D eigenvalue weighted by Gasteiger charge is 2.14. The van der Waals surface area contributed by atoms with Crippen LogP contribution in [0.1, 0.15) is 37.4 Å². The maximum absolute atomic E-state index is 14.1. The minimum Gasteiger partial charge on any atom is -0.478 e. The van der Waals surface area contributed by atoms with Gasteiger partial charge in [0.15, 0.2) is 0 Å². The molecule has 0 radical (unpaired) electrons. The lowest BCUT2D eigenvalue weighted by Crippen LogP contribution is -2.18. The highest BCUT2D eigenvalue weighted by molar-refractivity contribution is 6.09. The van der Waals surface area contributed by atoms with Crippen molar-refractivity contribution in [3.63, 3.8) is 0 Å². The van der Waals surface area contributed by atoms with Crippen molar-refractivity contribution >= 4 is 17.7 Å². The summed E-state index contributed by atoms with van der Waals surface area (Å²) in [6.45, 7) is 3.92. The van der Waals surface area contributed by atoms with E-state index in [-0.39, 0.29) is 17.0 Å². The van der Waals surface area contributed by atoms with E-state index in [0.29, 0.717) is 5.56 Å². The van der Waals surface area contributed by atoms with E-state index in [9.17, 15) is 14.0 Å². The second-order valence-corrected chi connectivity index (χ2v) is 6.65. The third-order valence-corrected chi connectivity index (χ3v) is 4.62. The Kier molecular flexibility index (Phi) is 5.54. The van der Waals surface area contributed by atoms with E-state index in [1.165, 1.54) is 12.1 Å². The van der Waals surface area contributed by atoms with Crippen LogP contribution in [0.2, 0.25) is 0 Å². The lowest BCUT2D eigenvalue weighted by molar-refractivity contribution is 0.0696. The molecule has 0 aliphatic heterocycles. The number of amides is 1. The molecule has 146 valence electrons. The summed E-state index contributed by atoms with van der Waals surface area (Å²) in [5.41, 5.74) is 9.87. The molecule has 0 spiro atoms. The molecule has 0 saturated carbocycles. The zero-order chi connectivity index (χ0) is 21.1. The van der Waals surface area contributed by atoms with Gasteiger partial charge in [0.1, 0.15) is 11.7 Å². The van der Waals surface area contributed by atoms with Gasteiger partial charge in [0, 0.05) is 5.56 Å². The zero-order valence-corrected chi connectivity index (χ0v) is 15.9. The molecule has 3 aromatic carbocycles. The Balaban J connectivity index is 1.90. The largest absolute Gasteiger partial charge is 0.478 e. The minimum absolute atomic E-state index is 0.128. The maximum atomic E-state index is 14.1. The van der Waals surface area contributed by atoms with Crippen molar-refractivity contribution in [1.82, 2.24) is 0 Å². The number of rotatable bonds is 4. The van der Waals surface area contributed by atoms with Crippen molar-refractivity contribution in [2.45, 2.75) is 13.8 Å². The third-order valence-electron chi connectivity index (χ3n) is 4.62. The number of hydrogen-bond donors (Lipinski definition) is 2. The minimum atomic E-state index is -1.26. The normalized spacial score (nSPS) is 11.3. The number of aryl methyl sites for hydroxylation is 2. The van der Waals surface area contributed by atoms with Crippen molar-refractivity contribution < 1.29 is 19.1 Å². The highest BCUT2D eigenvalue weighted by atomic mass is 19.1. The van der Waals surface area contributed by atoms with Gasteiger partial charge in [0.05, 0.1) is 11.1 Å². The number of carbonyl (C=O) groups is 2. The van der Waals surface area contributed by atoms with Crippen LogP contribution in [0, 0.1) is 19.7 Å². The van der Waals surface area contributed by atoms with Crippen molar-refractivity contribution in [1.29, 1.82) is 0 Å². The van der Waals surface area contributed by atoms with E-state index in [1.807, 2.05) is 44.2 Å². The first kappa shape index (κ1) is 19.9. The number of halogens is 1. The van der Waals surface area contributed by atoms with Gasteiger partial charge in [0.25, 0.3) is 5.91 Å². The number of carbonyl (C=O) groups excluding carboxylic acids is 1. The number of amidine groups is 1. The standard InChI is InChI=1S/C23H19FN2O3/c1-13-5-3-4-6-17(13)18-9-7-15(11-14(18)2)22(27)26-21(25)19-10-8-16(23(28)29)12-20(19)24/h3-12H,1-2H3,(H,28,29)(H2,25,26,27). The Labute approximate surface area is 167 Å². The summed E-state index contributed by atoms with van der Waals surface area (Å²) in [6, 6.07) is 16.4. The SMILES string of the molecule is Cc1ccccc1-c1ccc(C(=O)N=C(N)c2ccc(C(=O)O)cc2F)cc1C. The van der Waals surface area contributed by atoms with Crippen molar-refractivity contribution in [2.24, 2.45) is 10.7 Å². The molecule has 0 bridgehead atoms. The summed E-state index contributed by atoms with van der Waals surface area (Å²) >= 11 is 0. The molecular formula is C23H19FN2O3. The molecule has 5 nitrogen and oxygen atoms in total. The molecule has 0 heterocycles. The summed E-state index contributed by atoms with van der Waals surface area (Å²) in [7, 11) is 0. The molecule has 6 heteroatoms. The summed E-state index contributed by atoms with van der Waals surface area (Å²) in [4.78, 5) is 27.2. The van der Waals surface area contributed by atoms with E-state index in [1.54, 1.807) is 12.1 Å². The number of nitrogens with two attached hydrogens (primary N) is 1. The smallest absolute Gasteiger partial charge is 0.335 e. The third kappa shape index (κ3) is 4.21. The summed E-state index contributed by atoms with van der Waals surface area (Å²) in [6.07, 6.45) is 0. The van der Waals surface area contributed by atoms with Crippen LogP contribution in [-0.2, 0) is 0 Å². The molecule has 0 fully saturated rings. The Bertz CT molecular complexity index is 1150. The van der Waals surface area contributed by atoms with Gasteiger partial charge in [-0.05, 0) is 66.4 Å². The second kappa shape index (κ2) is 8.06. The summed E-state index contributed by atoms with van der Waals surface area (Å²) < 4.78 is 14.1. The predicted molar refractivity (Wildman–Crippen MR) is 110 cm³/mol. The number of aromatic carboxylic acids is 1. The first-order chi connectivity index (χ1) is 13.8. The molecule has 3 N–H and O–H groups in total. The molecular weight excluding hydrogens is 371 g/mol. The molecule has 0 aromatic heterocycles. The number of carboxylic acids is 1. The average molecular weight is 390 g/mol. The lowest BCUT2D eigenvalue weighted by Gasteiger charge is -2.10. The molecule has 3 rings (SSSR count). The van der Waals surface area contributed by atoms with E-state index < -0.39 is 17.7 Å². The second-order valence-electron chi connectivity index (χ2n) is 6.65. The van der Waals surface area contributed by atoms with Crippen LogP contribution in [0.3, 0.4) is 0 Å². The first-order valence-electron chi connectivity index (χ1n) is 8.86. The Morgan fingerprint density at radius 1 is 0.897 bits per heavy atom. The van der Waals surface area contributed by atoms with Gasteiger partial charge in [-0.3, -0.25) is 4.79 Å². The summed E-state index contributed by atoms with van der Waals surface area (Å²) in [5, 5.41) is 8.90. The Morgan fingerprint density at radius 2 is 1.55 bits per heavy atom. The van der Waals surface area contributed by atoms with Crippen LogP contribution in [0.4, 0.5) is 4.39 Å². The fourth-order valence-corrected chi connectivity index (χ4v) is 3.06. The van der Waals surface area contributed by atoms with Crippen LogP contribution >= 0.6 is 0 Å². The van der Waals surface area contributed by atoms with Crippen LogP contribution in [0.5, 0.6) is 0 Å². The fourth-order valence-electron chi connectivity index (χ4n) is 3.06. The Morgan fingerprint density at radius 3 is 2.17 bits per heavy atom. The van der Waals surface area contributed by atoms with Crippen molar-refractivity contribution in [3.05, 3.63) is 94.3 Å². The first-order valence-corrected chi connectivity index (χ1v) is 8.86. The molecule has 0 unspecified atom stereocenters. The molecule has 3 aromatic rings. The van der Waals surface area contributed by atoms with E-state index in [2.05, 4.69) is 4.99 Å². The van der Waals surface area contributed by atoms with Crippen LogP contribution in [0.15, 0.2) is 65.7 Å². The van der Waals surface area contributed by atoms with Gasteiger partial charge in [-0.15, -0.1) is 0 Å². The number of aliphatic imine (C=N–C) groups is 1. The van der Waals surface area contributed by atoms with Gasteiger partial charge < -0.3 is 10.8 Å². The number of benzene rings is 3. The molecule has 0 aliphatic rings. The molecule has 0 saturated heterocycles. The fraction of sp³-hybridized carbons (Fsp3) is 0.0870. The molecule has 1 amide bonds. The van der Waals surface area contributed by atoms with E-state index in [4.69, 9.17) is 10.8 Å². The zero-order valence-electron chi connectivity index (χ0n) is 15.9. The van der Waals surface area contributed by atoms with Gasteiger partial charge in [-0.1, -0.05) is 30.3 Å². The van der Waals surface area contributed by atoms with Crippen LogP contribution in [-0.4, -0.2) is 22.8 Å². The van der Waals surface area contributed by atoms with Gasteiger partial charge in [-0.2, -0.15) is 4.99 Å². The average Bonchev–Trinajstić information content (AvgIpc) is 2.68. The number of nitrogens with zero attached hydrogens (tertiary/aromatic N) is 1. The van der Waals surface area contributed by atoms with Gasteiger partial charge in [-0.25, -0.2) is 9.18 Å². The maximum Gasteiger partial charge on any atom is 0.335 e. The van der Waals surface area contributed by atoms with Gasteiger partial charge >= 0.3 is 5.97 Å². The monoisotopic (exact) mass is 390 g/mol. The molecule has 0 aliphatic carbocycles. The molecule has 29 heavy (non-hydrogen) atoms. The van der Waals surface area contributed by atoms with Gasteiger partial charge in [0.2, 0.25) is 0 Å². The van der Waals surface area contributed by atoms with Crippen LogP contribution in [0.25, 0.3) is 11.1 Å². The van der Waals surface area contributed by atoms with E-state index in [0.717, 1.165) is 28.3 Å². The topological polar surface area (TPSA) is 92.8 Å². The summed E-state index contributed by atoms with van der Waals surface area (Å²) in [5.74, 6) is -3.04. The van der Waals surface area contributed by atoms with Crippen LogP contribution < -0.4 is 5.73 Å². The lowest BCUT2D eigenvalue weighted by atomic mass is 9.95. The van der Waals surface area contributed by atoms with Crippen molar-refractivity contribution in [3.8, 4) is 11.1 Å². The number of hydrogen-bond acceptors (Lipinski definition) is 2. The predicted octanol–water partition coefficient (Wildman–Crippen LogP) is 4.35. The Hall–Kier alpha value is -3.80. The molecule has 0 atom stereocenters. The highest BCUT2D eigenvalue weighted by Crippen LogP contribution is 2.27.